The Labute approximate surface area is 142 Å². The summed E-state index contributed by atoms with van der Waals surface area (Å²) in [7, 11) is 1.82. The Morgan fingerprint density at radius 1 is 1.12 bits per heavy atom. The third-order valence-electron chi connectivity index (χ3n) is 3.93. The van der Waals surface area contributed by atoms with Crippen molar-refractivity contribution in [2.24, 2.45) is 0 Å². The molecule has 5 heteroatoms. The first-order valence-electron chi connectivity index (χ1n) is 8.08. The summed E-state index contributed by atoms with van der Waals surface area (Å²) >= 11 is 0. The standard InChI is InChI=1S/C19H22N2O3/c1-14(19(22)21(2)13-15-6-4-3-5-7-15)20-16-8-9-17-18(12-16)24-11-10-23-17/h3-9,12,14,20H,10-11,13H2,1-2H3/t14-/m0/s1. The molecule has 5 nitrogen and oxygen atoms in total. The van der Waals surface area contributed by atoms with Gasteiger partial charge in [0.25, 0.3) is 0 Å². The number of nitrogens with one attached hydrogen (secondary N) is 1. The van der Waals surface area contributed by atoms with Crippen molar-refractivity contribution in [2.45, 2.75) is 19.5 Å². The summed E-state index contributed by atoms with van der Waals surface area (Å²) in [6.45, 7) is 3.57. The molecule has 0 bridgehead atoms. The third-order valence-corrected chi connectivity index (χ3v) is 3.93. The summed E-state index contributed by atoms with van der Waals surface area (Å²) < 4.78 is 11.1. The molecule has 2 aromatic rings. The Balaban J connectivity index is 1.61. The van der Waals surface area contributed by atoms with E-state index in [1.165, 1.54) is 0 Å². The number of likely N-dealkylation sites (N-methyl/N-ethyl adjacent to an activating group) is 1. The molecule has 0 aromatic heterocycles. The van der Waals surface area contributed by atoms with Crippen molar-refractivity contribution in [1.82, 2.24) is 4.90 Å². The first-order valence-corrected chi connectivity index (χ1v) is 8.08. The number of ether oxygens (including phenoxy) is 2. The molecule has 2 aromatic carbocycles. The molecule has 24 heavy (non-hydrogen) atoms. The molecule has 3 rings (SSSR count). The predicted octanol–water partition coefficient (Wildman–Crippen LogP) is 2.92. The molecule has 1 aliphatic heterocycles. The highest BCUT2D eigenvalue weighted by Crippen LogP contribution is 2.32. The fourth-order valence-electron chi connectivity index (χ4n) is 2.71. The van der Waals surface area contributed by atoms with Gasteiger partial charge in [-0.05, 0) is 24.6 Å². The lowest BCUT2D eigenvalue weighted by Crippen LogP contribution is -2.38. The molecule has 1 amide bonds. The van der Waals surface area contributed by atoms with Crippen LogP contribution in [0.25, 0.3) is 0 Å². The molecule has 1 atom stereocenters. The minimum Gasteiger partial charge on any atom is -0.486 e. The molecule has 1 heterocycles. The Bertz CT molecular complexity index is 703. The number of fused-ring (bicyclic) bond motifs is 1. The number of benzene rings is 2. The van der Waals surface area contributed by atoms with Crippen molar-refractivity contribution in [3.63, 3.8) is 0 Å². The summed E-state index contributed by atoms with van der Waals surface area (Å²) in [5.74, 6) is 1.49. The number of hydrogen-bond acceptors (Lipinski definition) is 4. The summed E-state index contributed by atoms with van der Waals surface area (Å²) in [5, 5.41) is 3.23. The average Bonchev–Trinajstić information content (AvgIpc) is 2.61. The van der Waals surface area contributed by atoms with Gasteiger partial charge in [-0.15, -0.1) is 0 Å². The lowest BCUT2D eigenvalue weighted by atomic mass is 10.2. The van der Waals surface area contributed by atoms with Crippen LogP contribution < -0.4 is 14.8 Å². The van der Waals surface area contributed by atoms with E-state index >= 15 is 0 Å². The second-order valence-electron chi connectivity index (χ2n) is 5.90. The molecule has 0 fully saturated rings. The van der Waals surface area contributed by atoms with Gasteiger partial charge in [0, 0.05) is 25.3 Å². The normalized spacial score (nSPS) is 13.9. The van der Waals surface area contributed by atoms with Gasteiger partial charge in [-0.25, -0.2) is 0 Å². The smallest absolute Gasteiger partial charge is 0.244 e. The maximum Gasteiger partial charge on any atom is 0.244 e. The first-order chi connectivity index (χ1) is 11.6. The van der Waals surface area contributed by atoms with Crippen molar-refractivity contribution in [2.75, 3.05) is 25.6 Å². The Morgan fingerprint density at radius 3 is 2.58 bits per heavy atom. The van der Waals surface area contributed by atoms with E-state index in [1.807, 2.05) is 62.5 Å². The first kappa shape index (κ1) is 16.2. The average molecular weight is 326 g/mol. The lowest BCUT2D eigenvalue weighted by Gasteiger charge is -2.24. The summed E-state index contributed by atoms with van der Waals surface area (Å²) in [5.41, 5.74) is 1.95. The minimum absolute atomic E-state index is 0.0359. The molecule has 0 spiro atoms. The van der Waals surface area contributed by atoms with Crippen LogP contribution in [0.2, 0.25) is 0 Å². The van der Waals surface area contributed by atoms with Crippen LogP contribution in [0.3, 0.4) is 0 Å². The van der Waals surface area contributed by atoms with Crippen molar-refractivity contribution in [3.8, 4) is 11.5 Å². The molecule has 1 aliphatic rings. The molecular weight excluding hydrogens is 304 g/mol. The van der Waals surface area contributed by atoms with Crippen molar-refractivity contribution in [3.05, 3.63) is 54.1 Å². The molecule has 0 saturated carbocycles. The van der Waals surface area contributed by atoms with Gasteiger partial charge in [-0.3, -0.25) is 4.79 Å². The van der Waals surface area contributed by atoms with Gasteiger partial charge in [0.2, 0.25) is 5.91 Å². The van der Waals surface area contributed by atoms with Crippen LogP contribution in [-0.2, 0) is 11.3 Å². The predicted molar refractivity (Wildman–Crippen MR) is 93.4 cm³/mol. The summed E-state index contributed by atoms with van der Waals surface area (Å²) in [6.07, 6.45) is 0. The largest absolute Gasteiger partial charge is 0.486 e. The number of amides is 1. The Hall–Kier alpha value is -2.69. The van der Waals surface area contributed by atoms with Gasteiger partial charge >= 0.3 is 0 Å². The van der Waals surface area contributed by atoms with Crippen LogP contribution in [-0.4, -0.2) is 37.1 Å². The number of carbonyl (C=O) groups excluding carboxylic acids is 1. The molecule has 0 saturated heterocycles. The third kappa shape index (κ3) is 3.79. The monoisotopic (exact) mass is 326 g/mol. The van der Waals surface area contributed by atoms with Crippen LogP contribution >= 0.6 is 0 Å². The van der Waals surface area contributed by atoms with E-state index in [1.54, 1.807) is 4.90 Å². The van der Waals surface area contributed by atoms with E-state index in [-0.39, 0.29) is 11.9 Å². The van der Waals surface area contributed by atoms with Crippen LogP contribution in [0.1, 0.15) is 12.5 Å². The maximum atomic E-state index is 12.5. The highest BCUT2D eigenvalue weighted by Gasteiger charge is 2.19. The van der Waals surface area contributed by atoms with Crippen molar-refractivity contribution >= 4 is 11.6 Å². The number of carbonyl (C=O) groups is 1. The van der Waals surface area contributed by atoms with E-state index in [0.717, 1.165) is 17.0 Å². The number of rotatable bonds is 5. The van der Waals surface area contributed by atoms with Crippen LogP contribution in [0.5, 0.6) is 11.5 Å². The topological polar surface area (TPSA) is 50.8 Å². The van der Waals surface area contributed by atoms with E-state index in [4.69, 9.17) is 9.47 Å². The highest BCUT2D eigenvalue weighted by molar-refractivity contribution is 5.84. The minimum atomic E-state index is -0.332. The van der Waals surface area contributed by atoms with Gasteiger partial charge in [0.15, 0.2) is 11.5 Å². The van der Waals surface area contributed by atoms with Gasteiger partial charge in [-0.2, -0.15) is 0 Å². The number of anilines is 1. The van der Waals surface area contributed by atoms with Crippen LogP contribution in [0.4, 0.5) is 5.69 Å². The van der Waals surface area contributed by atoms with Gasteiger partial charge in [0.1, 0.15) is 19.3 Å². The Morgan fingerprint density at radius 2 is 1.83 bits per heavy atom. The molecule has 126 valence electrons. The van der Waals surface area contributed by atoms with Crippen molar-refractivity contribution < 1.29 is 14.3 Å². The second kappa shape index (κ2) is 7.25. The SMILES string of the molecule is C[C@H](Nc1ccc2c(c1)OCCO2)C(=O)N(C)Cc1ccccc1. The lowest BCUT2D eigenvalue weighted by molar-refractivity contribution is -0.130. The van der Waals surface area contributed by atoms with E-state index in [2.05, 4.69) is 5.32 Å². The molecular formula is C19H22N2O3. The maximum absolute atomic E-state index is 12.5. The Kier molecular flexibility index (Phi) is 4.89. The fourth-order valence-corrected chi connectivity index (χ4v) is 2.71. The zero-order valence-corrected chi connectivity index (χ0v) is 14.0. The van der Waals surface area contributed by atoms with Crippen LogP contribution in [0, 0.1) is 0 Å². The van der Waals surface area contributed by atoms with E-state index < -0.39 is 0 Å². The zero-order chi connectivity index (χ0) is 16.9. The zero-order valence-electron chi connectivity index (χ0n) is 14.0. The summed E-state index contributed by atoms with van der Waals surface area (Å²) in [4.78, 5) is 14.3. The fraction of sp³-hybridized carbons (Fsp3) is 0.316. The second-order valence-corrected chi connectivity index (χ2v) is 5.90. The van der Waals surface area contributed by atoms with Crippen molar-refractivity contribution in [1.29, 1.82) is 0 Å². The van der Waals surface area contributed by atoms with Crippen LogP contribution in [0.15, 0.2) is 48.5 Å². The molecule has 0 radical (unpaired) electrons. The molecule has 0 unspecified atom stereocenters. The van der Waals surface area contributed by atoms with Gasteiger partial charge in [0.05, 0.1) is 0 Å². The quantitative estimate of drug-likeness (QED) is 0.918. The molecule has 0 aliphatic carbocycles. The van der Waals surface area contributed by atoms with Gasteiger partial charge in [-0.1, -0.05) is 30.3 Å². The number of nitrogens with zero attached hydrogens (tertiary/aromatic N) is 1. The van der Waals surface area contributed by atoms with E-state index in [9.17, 15) is 4.79 Å². The highest BCUT2D eigenvalue weighted by atomic mass is 16.6. The van der Waals surface area contributed by atoms with E-state index in [0.29, 0.717) is 25.5 Å². The summed E-state index contributed by atoms with van der Waals surface area (Å²) in [6, 6.07) is 15.3. The number of hydrogen-bond donors (Lipinski definition) is 1. The van der Waals surface area contributed by atoms with Gasteiger partial charge < -0.3 is 19.7 Å². The molecule has 1 N–H and O–H groups in total.